The maximum Gasteiger partial charge on any atom is 0.307 e. The fourth-order valence-electron chi connectivity index (χ4n) is 13.3. The monoisotopic (exact) mass is 907 g/mol. The largest absolute Gasteiger partial charge is 0.513 e. The molecular formula is C52H83N4O7P. The van der Waals surface area contributed by atoms with E-state index in [4.69, 9.17) is 26.0 Å². The summed E-state index contributed by atoms with van der Waals surface area (Å²) in [4.78, 5) is 41.8. The summed E-state index contributed by atoms with van der Waals surface area (Å²) >= 11 is 0. The van der Waals surface area contributed by atoms with Crippen LogP contribution >= 0.6 is 7.92 Å². The van der Waals surface area contributed by atoms with Crippen LogP contribution in [0.25, 0.3) is 0 Å². The standard InChI is InChI=1S/C47H73N4O6P.C5H10O/c1-12-36(53)42(4,5)28-39(55)57-37-16-18-45(9)34(43(37,6)7)15-19-46(10)44(8)20-21-47(27-33(52)40(30(2)3)41(47)32(44)17-25-58(45)46)35-26-38(54)51(50(35)24-22-48)23-13-14-31(29-49)56-11;1-4(2)5(3)6/h12-14,26,29-30,32,34,37,53H,15-25,27-28,48-49H2,1-11H3;4,6H,3H2,1-2H3/b14-13-,31-29+,36-12+;/t32?,34?,37?,44-,45?,46?,47?,58?;/m1./s1. The van der Waals surface area contributed by atoms with Gasteiger partial charge in [-0.1, -0.05) is 96.7 Å². The van der Waals surface area contributed by atoms with Crippen LogP contribution in [-0.2, 0) is 37.6 Å². The van der Waals surface area contributed by atoms with Gasteiger partial charge < -0.3 is 31.2 Å². The highest BCUT2D eigenvalue weighted by molar-refractivity contribution is 7.61. The highest BCUT2D eigenvalue weighted by Gasteiger charge is 2.70. The van der Waals surface area contributed by atoms with Gasteiger partial charge in [-0.05, 0) is 115 Å². The number of ketones is 1. The Labute approximate surface area is 385 Å². The Hall–Kier alpha value is -3.56. The minimum Gasteiger partial charge on any atom is -0.513 e. The number of aliphatic hydroxyl groups is 2. The van der Waals surface area contributed by atoms with Gasteiger partial charge in [0.2, 0.25) is 0 Å². The number of fused-ring (bicyclic) bond motifs is 7. The number of allylic oxidation sites excluding steroid dienone is 7. The summed E-state index contributed by atoms with van der Waals surface area (Å²) in [5.41, 5.74) is 13.7. The van der Waals surface area contributed by atoms with Gasteiger partial charge in [0.05, 0.1) is 43.8 Å². The first kappa shape index (κ1) is 51.4. The molecule has 6 N–H and O–H groups in total. The topological polar surface area (TPSA) is 172 Å². The highest BCUT2D eigenvalue weighted by atomic mass is 31.1. The number of rotatable bonds is 13. The zero-order valence-electron chi connectivity index (χ0n) is 41.6. The molecule has 5 aliphatic rings. The van der Waals surface area contributed by atoms with Gasteiger partial charge in [0.1, 0.15) is 11.9 Å². The van der Waals surface area contributed by atoms with E-state index in [1.165, 1.54) is 11.8 Å². The maximum atomic E-state index is 14.5. The number of hydrogen-bond acceptors (Lipinski definition) is 9. The number of Topliss-reactive ketones (excluding diaryl/α,β-unsaturated/α-hetero) is 1. The molecule has 0 aromatic carbocycles. The molecule has 3 aliphatic carbocycles. The summed E-state index contributed by atoms with van der Waals surface area (Å²) in [7, 11) is 1.12. The van der Waals surface area contributed by atoms with Gasteiger partial charge in [0, 0.05) is 47.4 Å². The van der Waals surface area contributed by atoms with Crippen molar-refractivity contribution in [1.82, 2.24) is 9.36 Å². The Bertz CT molecular complexity index is 2120. The normalized spacial score (nSPS) is 32.7. The summed E-state index contributed by atoms with van der Waals surface area (Å²) in [5.74, 6) is 1.93. The van der Waals surface area contributed by atoms with Gasteiger partial charge in [-0.2, -0.15) is 0 Å². The predicted octanol–water partition coefficient (Wildman–Crippen LogP) is 10.3. The Kier molecular flexibility index (Phi) is 15.2. The quantitative estimate of drug-likeness (QED) is 0.0651. The molecule has 3 heterocycles. The van der Waals surface area contributed by atoms with Gasteiger partial charge in [0.15, 0.2) is 5.78 Å². The molecule has 11 nitrogen and oxygen atoms in total. The molecule has 0 radical (unpaired) electrons. The number of aromatic nitrogens is 2. The zero-order chi connectivity index (χ0) is 48.0. The van der Waals surface area contributed by atoms with Crippen molar-refractivity contribution in [3.8, 4) is 0 Å². The van der Waals surface area contributed by atoms with Crippen LogP contribution < -0.4 is 17.0 Å². The Morgan fingerprint density at radius 3 is 2.25 bits per heavy atom. The molecule has 2 saturated heterocycles. The summed E-state index contributed by atoms with van der Waals surface area (Å²) in [5, 5.41) is 19.1. The number of nitrogens with zero attached hydrogens (tertiary/aromatic N) is 2. The lowest BCUT2D eigenvalue weighted by Gasteiger charge is -2.72. The van der Waals surface area contributed by atoms with Crippen molar-refractivity contribution in [3.05, 3.63) is 81.5 Å². The molecule has 1 aromatic heterocycles. The van der Waals surface area contributed by atoms with Crippen molar-refractivity contribution in [1.29, 1.82) is 0 Å². The van der Waals surface area contributed by atoms with E-state index in [1.807, 2.05) is 33.8 Å². The number of carbonyl (C=O) groups excluding carboxylic acids is 2. The molecule has 6 rings (SSSR count). The van der Waals surface area contributed by atoms with Gasteiger partial charge in [-0.25, -0.2) is 4.68 Å². The van der Waals surface area contributed by atoms with Crippen molar-refractivity contribution < 1.29 is 29.3 Å². The van der Waals surface area contributed by atoms with Crippen molar-refractivity contribution in [2.24, 2.45) is 51.4 Å². The number of methoxy groups -OCH3 is 1. The second-order valence-electron chi connectivity index (χ2n) is 22.1. The van der Waals surface area contributed by atoms with Crippen LogP contribution in [0.5, 0.6) is 0 Å². The lowest BCUT2D eigenvalue weighted by atomic mass is 9.49. The summed E-state index contributed by atoms with van der Waals surface area (Å²) < 4.78 is 15.5. The highest BCUT2D eigenvalue weighted by Crippen LogP contribution is 2.82. The molecule has 2 saturated carbocycles. The number of carbonyl (C=O) groups is 2. The predicted molar refractivity (Wildman–Crippen MR) is 260 cm³/mol. The molecule has 4 fully saturated rings. The van der Waals surface area contributed by atoms with E-state index in [1.54, 1.807) is 36.9 Å². The van der Waals surface area contributed by atoms with E-state index in [9.17, 15) is 19.5 Å². The number of ether oxygens (including phenoxy) is 2. The zero-order valence-corrected chi connectivity index (χ0v) is 42.5. The minimum absolute atomic E-state index is 0.0161. The average Bonchev–Trinajstić information content (AvgIpc) is 3.70. The van der Waals surface area contributed by atoms with Crippen LogP contribution in [0.3, 0.4) is 0 Å². The Morgan fingerprint density at radius 2 is 1.69 bits per heavy atom. The fourth-order valence-corrected chi connectivity index (χ4v) is 18.5. The van der Waals surface area contributed by atoms with E-state index in [-0.39, 0.29) is 80.3 Å². The van der Waals surface area contributed by atoms with E-state index < -0.39 is 18.8 Å². The minimum atomic E-state index is -0.671. The summed E-state index contributed by atoms with van der Waals surface area (Å²) in [6, 6.07) is 1.81. The van der Waals surface area contributed by atoms with Crippen molar-refractivity contribution in [2.75, 3.05) is 19.8 Å². The smallest absolute Gasteiger partial charge is 0.307 e. The molecule has 1 aromatic rings. The molecule has 8 atom stereocenters. The Balaban J connectivity index is 0.00000120. The average molecular weight is 907 g/mol. The molecule has 0 spiro atoms. The van der Waals surface area contributed by atoms with E-state index >= 15 is 0 Å². The molecule has 64 heavy (non-hydrogen) atoms. The van der Waals surface area contributed by atoms with Crippen molar-refractivity contribution in [3.63, 3.8) is 0 Å². The second kappa shape index (κ2) is 19.0. The van der Waals surface area contributed by atoms with Crippen LogP contribution in [0.4, 0.5) is 0 Å². The summed E-state index contributed by atoms with van der Waals surface area (Å²) in [6.45, 7) is 30.6. The lowest BCUT2D eigenvalue weighted by Crippen LogP contribution is -2.65. The number of hydrogen-bond donors (Lipinski definition) is 4. The van der Waals surface area contributed by atoms with Gasteiger partial charge in [-0.3, -0.25) is 19.1 Å². The molecule has 0 amide bonds. The lowest BCUT2D eigenvalue weighted by molar-refractivity contribution is -0.166. The first-order chi connectivity index (χ1) is 29.8. The van der Waals surface area contributed by atoms with Crippen molar-refractivity contribution >= 4 is 19.7 Å². The van der Waals surface area contributed by atoms with Crippen LogP contribution in [0.2, 0.25) is 0 Å². The first-order valence-electron chi connectivity index (χ1n) is 23.9. The number of esters is 1. The van der Waals surface area contributed by atoms with Crippen molar-refractivity contribution in [2.45, 2.75) is 176 Å². The Morgan fingerprint density at radius 1 is 1.03 bits per heavy atom. The van der Waals surface area contributed by atoms with E-state index in [2.05, 4.69) is 59.7 Å². The van der Waals surface area contributed by atoms with Gasteiger partial charge in [-0.15, -0.1) is 0 Å². The summed E-state index contributed by atoms with van der Waals surface area (Å²) in [6.07, 6.45) is 15.2. The SMILES string of the molecule is C/C=C(/O)C(C)(C)CC(=O)OC1CCC2(C)C(CCC3(C)P2CCC2C4=C(C(C)C)C(=O)CC4(c4cc(=O)n(C/C=C\C(=C/N)OC)n4CCN)CC[C@]23C)C1(C)C.C=C(O)C(C)C. The van der Waals surface area contributed by atoms with Gasteiger partial charge in [0.25, 0.3) is 5.56 Å². The third-order valence-electron chi connectivity index (χ3n) is 17.1. The van der Waals surface area contributed by atoms with Crippen LogP contribution in [0.15, 0.2) is 70.3 Å². The van der Waals surface area contributed by atoms with Crippen LogP contribution in [-0.4, -0.2) is 67.6 Å². The van der Waals surface area contributed by atoms with Gasteiger partial charge >= 0.3 is 5.97 Å². The number of aliphatic hydroxyl groups excluding tert-OH is 2. The molecule has 358 valence electrons. The molecule has 2 aliphatic heterocycles. The number of nitrogens with two attached hydrogens (primary N) is 2. The van der Waals surface area contributed by atoms with Crippen LogP contribution in [0.1, 0.15) is 147 Å². The second-order valence-corrected chi connectivity index (χ2v) is 25.4. The molecule has 12 heteroatoms. The van der Waals surface area contributed by atoms with E-state index in [0.29, 0.717) is 37.7 Å². The maximum absolute atomic E-state index is 14.5. The first-order valence-corrected chi connectivity index (χ1v) is 25.4. The third kappa shape index (κ3) is 8.75. The molecular weight excluding hydrogens is 824 g/mol. The third-order valence-corrected chi connectivity index (χ3v) is 21.5. The molecule has 7 unspecified atom stereocenters. The van der Waals surface area contributed by atoms with Crippen LogP contribution in [0, 0.1) is 39.9 Å². The molecule has 0 bridgehead atoms. The fraction of sp³-hybridized carbons (Fsp3) is 0.712. The van der Waals surface area contributed by atoms with E-state index in [0.717, 1.165) is 62.4 Å².